The van der Waals surface area contributed by atoms with E-state index in [0.717, 1.165) is 25.7 Å². The fourth-order valence-corrected chi connectivity index (χ4v) is 2.92. The zero-order valence-electron chi connectivity index (χ0n) is 13.1. The van der Waals surface area contributed by atoms with Crippen molar-refractivity contribution in [3.8, 4) is 0 Å². The van der Waals surface area contributed by atoms with Gasteiger partial charge in [0.1, 0.15) is 6.04 Å². The Morgan fingerprint density at radius 1 is 1.14 bits per heavy atom. The summed E-state index contributed by atoms with van der Waals surface area (Å²) >= 11 is 0. The van der Waals surface area contributed by atoms with Gasteiger partial charge in [-0.2, -0.15) is 0 Å². The van der Waals surface area contributed by atoms with E-state index in [4.69, 9.17) is 0 Å². The Labute approximate surface area is 125 Å². The number of carboxylic acid groups (broad SMARTS) is 1. The number of hydrogen-bond donors (Lipinski definition) is 2. The first kappa shape index (κ1) is 17.5. The van der Waals surface area contributed by atoms with Crippen LogP contribution in [-0.4, -0.2) is 47.9 Å². The van der Waals surface area contributed by atoms with Crippen molar-refractivity contribution in [3.63, 3.8) is 0 Å². The van der Waals surface area contributed by atoms with E-state index >= 15 is 0 Å². The summed E-state index contributed by atoms with van der Waals surface area (Å²) in [5.74, 6) is -1.46. The van der Waals surface area contributed by atoms with Crippen molar-refractivity contribution in [2.75, 3.05) is 14.1 Å². The third kappa shape index (κ3) is 4.72. The number of amides is 2. The maximum atomic E-state index is 12.1. The molecule has 1 rings (SSSR count). The van der Waals surface area contributed by atoms with Crippen LogP contribution in [0.15, 0.2) is 0 Å². The second-order valence-electron chi connectivity index (χ2n) is 6.20. The van der Waals surface area contributed by atoms with Gasteiger partial charge < -0.3 is 15.3 Å². The lowest BCUT2D eigenvalue weighted by Gasteiger charge is -2.28. The zero-order valence-corrected chi connectivity index (χ0v) is 13.1. The molecule has 1 aliphatic rings. The van der Waals surface area contributed by atoms with E-state index in [1.54, 1.807) is 21.0 Å². The second kappa shape index (κ2) is 7.43. The highest BCUT2D eigenvalue weighted by atomic mass is 16.4. The lowest BCUT2D eigenvalue weighted by molar-refractivity contribution is -0.153. The molecular weight excluding hydrogens is 272 g/mol. The van der Waals surface area contributed by atoms with Crippen LogP contribution < -0.4 is 5.32 Å². The van der Waals surface area contributed by atoms with Crippen molar-refractivity contribution < 1.29 is 19.5 Å². The van der Waals surface area contributed by atoms with Gasteiger partial charge in [0.25, 0.3) is 0 Å². The Morgan fingerprint density at radius 2 is 1.67 bits per heavy atom. The summed E-state index contributed by atoms with van der Waals surface area (Å²) in [5.41, 5.74) is -0.971. The summed E-state index contributed by atoms with van der Waals surface area (Å²) in [6, 6.07) is -0.635. The smallest absolute Gasteiger partial charge is 0.310 e. The lowest BCUT2D eigenvalue weighted by atomic mass is 9.77. The van der Waals surface area contributed by atoms with E-state index in [9.17, 15) is 19.5 Å². The molecule has 0 radical (unpaired) electrons. The van der Waals surface area contributed by atoms with Crippen molar-refractivity contribution in [1.29, 1.82) is 0 Å². The van der Waals surface area contributed by atoms with Gasteiger partial charge in [0.15, 0.2) is 0 Å². The van der Waals surface area contributed by atoms with Gasteiger partial charge in [0.2, 0.25) is 11.8 Å². The van der Waals surface area contributed by atoms with Crippen LogP contribution in [0.25, 0.3) is 0 Å². The summed E-state index contributed by atoms with van der Waals surface area (Å²) in [5, 5.41) is 12.2. The van der Waals surface area contributed by atoms with Gasteiger partial charge in [-0.05, 0) is 19.8 Å². The molecule has 120 valence electrons. The molecule has 0 aromatic carbocycles. The molecule has 1 atom stereocenters. The highest BCUT2D eigenvalue weighted by Crippen LogP contribution is 2.38. The molecule has 1 saturated carbocycles. The maximum absolute atomic E-state index is 12.1. The summed E-state index contributed by atoms with van der Waals surface area (Å²) in [6.45, 7) is 1.61. The molecule has 21 heavy (non-hydrogen) atoms. The minimum atomic E-state index is -0.971. The van der Waals surface area contributed by atoms with Crippen LogP contribution in [0.2, 0.25) is 0 Å². The largest absolute Gasteiger partial charge is 0.481 e. The molecule has 1 fully saturated rings. The van der Waals surface area contributed by atoms with Crippen molar-refractivity contribution in [1.82, 2.24) is 10.2 Å². The first-order chi connectivity index (χ1) is 9.78. The van der Waals surface area contributed by atoms with Gasteiger partial charge in [0, 0.05) is 20.5 Å². The second-order valence-corrected chi connectivity index (χ2v) is 6.20. The van der Waals surface area contributed by atoms with Gasteiger partial charge in [-0.3, -0.25) is 14.4 Å². The molecule has 0 heterocycles. The Hall–Kier alpha value is -1.59. The molecule has 0 bridgehead atoms. The van der Waals surface area contributed by atoms with Crippen LogP contribution in [0.1, 0.15) is 51.9 Å². The predicted octanol–water partition coefficient (Wildman–Crippen LogP) is 1.39. The Balaban J connectivity index is 2.69. The SMILES string of the molecule is CC(NC(=O)CC1(C(=O)O)CCCCCC1)C(=O)N(C)C. The molecule has 2 N–H and O–H groups in total. The average Bonchev–Trinajstić information content (AvgIpc) is 2.63. The molecule has 0 aromatic rings. The van der Waals surface area contributed by atoms with E-state index in [2.05, 4.69) is 5.32 Å². The number of nitrogens with one attached hydrogen (secondary N) is 1. The van der Waals surface area contributed by atoms with E-state index in [1.807, 2.05) is 0 Å². The van der Waals surface area contributed by atoms with Crippen LogP contribution in [0, 0.1) is 5.41 Å². The highest BCUT2D eigenvalue weighted by Gasteiger charge is 2.40. The molecule has 0 aliphatic heterocycles. The Kier molecular flexibility index (Phi) is 6.18. The van der Waals surface area contributed by atoms with Gasteiger partial charge in [-0.1, -0.05) is 25.7 Å². The molecule has 6 heteroatoms. The number of carbonyl (C=O) groups is 3. The monoisotopic (exact) mass is 298 g/mol. The normalized spacial score (nSPS) is 19.2. The van der Waals surface area contributed by atoms with E-state index in [-0.39, 0.29) is 18.2 Å². The van der Waals surface area contributed by atoms with E-state index in [1.165, 1.54) is 4.90 Å². The Bertz CT molecular complexity index is 398. The summed E-state index contributed by atoms with van der Waals surface area (Å²) in [6.07, 6.45) is 4.74. The van der Waals surface area contributed by atoms with Crippen LogP contribution in [0.4, 0.5) is 0 Å². The van der Waals surface area contributed by atoms with Gasteiger partial charge in [-0.25, -0.2) is 0 Å². The van der Waals surface area contributed by atoms with Crippen molar-refractivity contribution in [2.45, 2.75) is 57.9 Å². The Morgan fingerprint density at radius 3 is 2.10 bits per heavy atom. The molecule has 0 saturated heterocycles. The van der Waals surface area contributed by atoms with Gasteiger partial charge in [-0.15, -0.1) is 0 Å². The van der Waals surface area contributed by atoms with Gasteiger partial charge >= 0.3 is 5.97 Å². The molecule has 0 aromatic heterocycles. The molecule has 1 aliphatic carbocycles. The molecule has 0 spiro atoms. The van der Waals surface area contributed by atoms with Crippen LogP contribution in [-0.2, 0) is 14.4 Å². The van der Waals surface area contributed by atoms with Crippen LogP contribution in [0.3, 0.4) is 0 Å². The first-order valence-corrected chi connectivity index (χ1v) is 7.52. The first-order valence-electron chi connectivity index (χ1n) is 7.52. The van der Waals surface area contributed by atoms with E-state index < -0.39 is 17.4 Å². The fourth-order valence-electron chi connectivity index (χ4n) is 2.92. The average molecular weight is 298 g/mol. The standard InChI is InChI=1S/C15H26N2O4/c1-11(13(19)17(2)3)16-12(18)10-15(14(20)21)8-6-4-5-7-9-15/h11H,4-10H2,1-3H3,(H,16,18)(H,20,21). The molecule has 2 amide bonds. The van der Waals surface area contributed by atoms with Crippen molar-refractivity contribution >= 4 is 17.8 Å². The maximum Gasteiger partial charge on any atom is 0.310 e. The number of hydrogen-bond acceptors (Lipinski definition) is 3. The minimum Gasteiger partial charge on any atom is -0.481 e. The number of likely N-dealkylation sites (N-methyl/N-ethyl adjacent to an activating group) is 1. The summed E-state index contributed by atoms with van der Waals surface area (Å²) in [7, 11) is 3.24. The summed E-state index contributed by atoms with van der Waals surface area (Å²) in [4.78, 5) is 36.9. The highest BCUT2D eigenvalue weighted by molar-refractivity contribution is 5.89. The van der Waals surface area contributed by atoms with Crippen LogP contribution >= 0.6 is 0 Å². The van der Waals surface area contributed by atoms with Crippen LogP contribution in [0.5, 0.6) is 0 Å². The van der Waals surface area contributed by atoms with Crippen molar-refractivity contribution in [2.24, 2.45) is 5.41 Å². The van der Waals surface area contributed by atoms with E-state index in [0.29, 0.717) is 12.8 Å². The third-order valence-corrected chi connectivity index (χ3v) is 4.20. The zero-order chi connectivity index (χ0) is 16.0. The van der Waals surface area contributed by atoms with Gasteiger partial charge in [0.05, 0.1) is 5.41 Å². The molecular formula is C15H26N2O4. The summed E-state index contributed by atoms with van der Waals surface area (Å²) < 4.78 is 0. The molecule has 6 nitrogen and oxygen atoms in total. The number of carboxylic acids is 1. The quantitative estimate of drug-likeness (QED) is 0.751. The number of carbonyl (C=O) groups excluding carboxylic acids is 2. The topological polar surface area (TPSA) is 86.7 Å². The predicted molar refractivity (Wildman–Crippen MR) is 78.7 cm³/mol. The lowest BCUT2D eigenvalue weighted by Crippen LogP contribution is -2.46. The van der Waals surface area contributed by atoms with Crippen molar-refractivity contribution in [3.05, 3.63) is 0 Å². The number of aliphatic carboxylic acids is 1. The fraction of sp³-hybridized carbons (Fsp3) is 0.800. The minimum absolute atomic E-state index is 0.0482. The number of nitrogens with zero attached hydrogens (tertiary/aromatic N) is 1. The number of rotatable bonds is 5. The molecule has 1 unspecified atom stereocenters. The third-order valence-electron chi connectivity index (χ3n) is 4.20.